The molecule has 2 heterocycles. The molecule has 0 spiro atoms. The Balaban J connectivity index is 1.87. The summed E-state index contributed by atoms with van der Waals surface area (Å²) in [4.78, 5) is 15.3. The van der Waals surface area contributed by atoms with E-state index >= 15 is 0 Å². The highest BCUT2D eigenvalue weighted by molar-refractivity contribution is 5.72. The summed E-state index contributed by atoms with van der Waals surface area (Å²) in [5.41, 5.74) is 2.45. The first-order chi connectivity index (χ1) is 8.99. The summed E-state index contributed by atoms with van der Waals surface area (Å²) >= 11 is 0. The predicted molar refractivity (Wildman–Crippen MR) is 71.9 cm³/mol. The highest BCUT2D eigenvalue weighted by atomic mass is 16.4. The Kier molecular flexibility index (Phi) is 4.21. The van der Waals surface area contributed by atoms with Crippen LogP contribution in [0.4, 0.5) is 0 Å². The summed E-state index contributed by atoms with van der Waals surface area (Å²) in [7, 11) is 1.95. The third kappa shape index (κ3) is 3.13. The fourth-order valence-electron chi connectivity index (χ4n) is 2.41. The second kappa shape index (κ2) is 5.71. The van der Waals surface area contributed by atoms with Crippen LogP contribution in [0, 0.1) is 6.92 Å². The van der Waals surface area contributed by atoms with Crippen LogP contribution in [0.3, 0.4) is 0 Å². The van der Waals surface area contributed by atoms with Gasteiger partial charge in [0.1, 0.15) is 6.04 Å². The van der Waals surface area contributed by atoms with Gasteiger partial charge in [-0.1, -0.05) is 0 Å². The van der Waals surface area contributed by atoms with Crippen molar-refractivity contribution in [2.75, 3.05) is 26.2 Å². The van der Waals surface area contributed by atoms with Crippen molar-refractivity contribution in [1.82, 2.24) is 19.6 Å². The van der Waals surface area contributed by atoms with Crippen LogP contribution < -0.4 is 0 Å². The Morgan fingerprint density at radius 2 is 2.05 bits per heavy atom. The van der Waals surface area contributed by atoms with Crippen molar-refractivity contribution in [3.8, 4) is 0 Å². The van der Waals surface area contributed by atoms with Crippen molar-refractivity contribution in [2.45, 2.75) is 26.4 Å². The summed E-state index contributed by atoms with van der Waals surface area (Å²) in [6, 6.07) is -0.387. The number of hydrogen-bond acceptors (Lipinski definition) is 4. The Labute approximate surface area is 113 Å². The average molecular weight is 266 g/mol. The van der Waals surface area contributed by atoms with E-state index in [0.717, 1.165) is 32.7 Å². The zero-order valence-electron chi connectivity index (χ0n) is 11.8. The van der Waals surface area contributed by atoms with E-state index in [1.165, 1.54) is 11.3 Å². The van der Waals surface area contributed by atoms with Gasteiger partial charge in [0.15, 0.2) is 0 Å². The molecule has 2 rings (SSSR count). The number of rotatable bonds is 4. The lowest BCUT2D eigenvalue weighted by atomic mass is 10.2. The van der Waals surface area contributed by atoms with Crippen LogP contribution in [0.15, 0.2) is 6.20 Å². The van der Waals surface area contributed by atoms with Gasteiger partial charge in [0, 0.05) is 51.0 Å². The zero-order valence-corrected chi connectivity index (χ0v) is 11.8. The maximum atomic E-state index is 11.0. The lowest BCUT2D eigenvalue weighted by Gasteiger charge is -2.36. The molecule has 1 aromatic rings. The van der Waals surface area contributed by atoms with Crippen LogP contribution >= 0.6 is 0 Å². The summed E-state index contributed by atoms with van der Waals surface area (Å²) in [6.07, 6.45) is 1.92. The largest absolute Gasteiger partial charge is 0.480 e. The van der Waals surface area contributed by atoms with E-state index in [-0.39, 0.29) is 6.04 Å². The first-order valence-electron chi connectivity index (χ1n) is 6.65. The molecule has 0 aliphatic carbocycles. The Morgan fingerprint density at radius 1 is 1.42 bits per heavy atom. The van der Waals surface area contributed by atoms with Crippen molar-refractivity contribution in [3.63, 3.8) is 0 Å². The van der Waals surface area contributed by atoms with Gasteiger partial charge < -0.3 is 5.11 Å². The molecule has 0 radical (unpaired) electrons. The van der Waals surface area contributed by atoms with Crippen molar-refractivity contribution in [2.24, 2.45) is 7.05 Å². The number of nitrogens with zero attached hydrogens (tertiary/aromatic N) is 4. The quantitative estimate of drug-likeness (QED) is 0.850. The molecular weight excluding hydrogens is 244 g/mol. The molecule has 106 valence electrons. The first-order valence-corrected chi connectivity index (χ1v) is 6.65. The minimum absolute atomic E-state index is 0.387. The standard InChI is InChI=1S/C13H22N4O2/c1-10-12(8-14-15(10)3)9-16-4-6-17(7-5-16)11(2)13(18)19/h8,11H,4-7,9H2,1-3H3,(H,18,19). The normalized spacial score (nSPS) is 19.5. The number of aliphatic carboxylic acids is 1. The topological polar surface area (TPSA) is 61.6 Å². The number of aromatic nitrogens is 2. The summed E-state index contributed by atoms with van der Waals surface area (Å²) in [6.45, 7) is 8.17. The molecule has 1 aliphatic heterocycles. The average Bonchev–Trinajstić information content (AvgIpc) is 2.71. The van der Waals surface area contributed by atoms with Crippen LogP contribution in [0.2, 0.25) is 0 Å². The molecule has 0 bridgehead atoms. The summed E-state index contributed by atoms with van der Waals surface area (Å²) in [5.74, 6) is -0.739. The third-order valence-corrected chi connectivity index (χ3v) is 4.04. The molecule has 1 fully saturated rings. The van der Waals surface area contributed by atoms with Gasteiger partial charge in [0.05, 0.1) is 6.20 Å². The maximum absolute atomic E-state index is 11.0. The fraction of sp³-hybridized carbons (Fsp3) is 0.692. The molecular formula is C13H22N4O2. The molecule has 1 aromatic heterocycles. The molecule has 1 aliphatic rings. The minimum Gasteiger partial charge on any atom is -0.480 e. The lowest BCUT2D eigenvalue weighted by Crippen LogP contribution is -2.51. The highest BCUT2D eigenvalue weighted by Gasteiger charge is 2.25. The van der Waals surface area contributed by atoms with Crippen LogP contribution in [0.1, 0.15) is 18.2 Å². The van der Waals surface area contributed by atoms with E-state index in [1.54, 1.807) is 6.92 Å². The highest BCUT2D eigenvalue weighted by Crippen LogP contribution is 2.13. The first kappa shape index (κ1) is 14.0. The number of carbonyl (C=O) groups is 1. The fourth-order valence-corrected chi connectivity index (χ4v) is 2.41. The lowest BCUT2D eigenvalue weighted by molar-refractivity contribution is -0.143. The number of carboxylic acids is 1. The summed E-state index contributed by atoms with van der Waals surface area (Å²) in [5, 5.41) is 13.3. The van der Waals surface area contributed by atoms with Gasteiger partial charge in [0.2, 0.25) is 0 Å². The smallest absolute Gasteiger partial charge is 0.320 e. The van der Waals surface area contributed by atoms with E-state index in [2.05, 4.69) is 16.9 Å². The molecule has 0 aromatic carbocycles. The molecule has 6 nitrogen and oxygen atoms in total. The van der Waals surface area contributed by atoms with Gasteiger partial charge in [-0.25, -0.2) is 0 Å². The SMILES string of the molecule is Cc1c(CN2CCN(C(C)C(=O)O)CC2)cnn1C. The zero-order chi connectivity index (χ0) is 14.0. The van der Waals surface area contributed by atoms with Crippen molar-refractivity contribution >= 4 is 5.97 Å². The van der Waals surface area contributed by atoms with Gasteiger partial charge in [-0.3, -0.25) is 19.3 Å². The molecule has 1 N–H and O–H groups in total. The van der Waals surface area contributed by atoms with Gasteiger partial charge in [-0.05, 0) is 13.8 Å². The van der Waals surface area contributed by atoms with E-state index in [4.69, 9.17) is 5.11 Å². The van der Waals surface area contributed by atoms with Gasteiger partial charge in [-0.15, -0.1) is 0 Å². The van der Waals surface area contributed by atoms with Crippen LogP contribution in [-0.4, -0.2) is 62.9 Å². The molecule has 0 amide bonds. The van der Waals surface area contributed by atoms with E-state index in [9.17, 15) is 4.79 Å². The van der Waals surface area contributed by atoms with Crippen molar-refractivity contribution in [3.05, 3.63) is 17.5 Å². The van der Waals surface area contributed by atoms with E-state index < -0.39 is 5.97 Å². The number of hydrogen-bond donors (Lipinski definition) is 1. The Hall–Kier alpha value is -1.40. The van der Waals surface area contributed by atoms with Gasteiger partial charge >= 0.3 is 5.97 Å². The van der Waals surface area contributed by atoms with Crippen LogP contribution in [-0.2, 0) is 18.4 Å². The van der Waals surface area contributed by atoms with E-state index in [1.807, 2.05) is 22.8 Å². The Morgan fingerprint density at radius 3 is 2.53 bits per heavy atom. The summed E-state index contributed by atoms with van der Waals surface area (Å²) < 4.78 is 1.89. The molecule has 1 atom stereocenters. The van der Waals surface area contributed by atoms with Gasteiger partial charge in [-0.2, -0.15) is 5.10 Å². The molecule has 1 saturated heterocycles. The predicted octanol–water partition coefficient (Wildman–Crippen LogP) is 0.319. The number of carboxylic acid groups (broad SMARTS) is 1. The van der Waals surface area contributed by atoms with Crippen molar-refractivity contribution < 1.29 is 9.90 Å². The molecule has 1 unspecified atom stereocenters. The second-order valence-corrected chi connectivity index (χ2v) is 5.21. The molecule has 0 saturated carbocycles. The van der Waals surface area contributed by atoms with E-state index in [0.29, 0.717) is 0 Å². The number of aryl methyl sites for hydroxylation is 1. The minimum atomic E-state index is -0.739. The monoisotopic (exact) mass is 266 g/mol. The van der Waals surface area contributed by atoms with Gasteiger partial charge in [0.25, 0.3) is 0 Å². The van der Waals surface area contributed by atoms with Crippen LogP contribution in [0.25, 0.3) is 0 Å². The Bertz CT molecular complexity index is 449. The van der Waals surface area contributed by atoms with Crippen molar-refractivity contribution in [1.29, 1.82) is 0 Å². The van der Waals surface area contributed by atoms with Crippen LogP contribution in [0.5, 0.6) is 0 Å². The molecule has 6 heteroatoms. The number of piperazine rings is 1. The second-order valence-electron chi connectivity index (χ2n) is 5.21. The third-order valence-electron chi connectivity index (χ3n) is 4.04. The molecule has 19 heavy (non-hydrogen) atoms. The maximum Gasteiger partial charge on any atom is 0.320 e.